The van der Waals surface area contributed by atoms with E-state index in [1.165, 1.54) is 0 Å². The molecule has 1 amide bonds. The van der Waals surface area contributed by atoms with Gasteiger partial charge in [-0.25, -0.2) is 0 Å². The van der Waals surface area contributed by atoms with Gasteiger partial charge in [-0.1, -0.05) is 0 Å². The largest absolute Gasteiger partial charge is 0.338 e. The number of hydrogen-bond acceptors (Lipinski definition) is 3. The van der Waals surface area contributed by atoms with E-state index >= 15 is 0 Å². The van der Waals surface area contributed by atoms with Crippen LogP contribution in [0.2, 0.25) is 0 Å². The first kappa shape index (κ1) is 9.78. The molecule has 0 aromatic carbocycles. The summed E-state index contributed by atoms with van der Waals surface area (Å²) in [6, 6.07) is 4.22. The number of fused-ring (bicyclic) bond motifs is 1. The molecule has 2 saturated heterocycles. The molecule has 1 aromatic rings. The van der Waals surface area contributed by atoms with Gasteiger partial charge in [0.2, 0.25) is 0 Å². The fraction of sp³-hybridized carbons (Fsp3) is 0.500. The molecular weight excluding hydrogens is 202 g/mol. The van der Waals surface area contributed by atoms with Crippen molar-refractivity contribution >= 4 is 5.91 Å². The molecule has 2 atom stereocenters. The number of likely N-dealkylation sites (tertiary alicyclic amines) is 1. The minimum absolute atomic E-state index is 0.146. The Morgan fingerprint density at radius 2 is 2.25 bits per heavy atom. The first-order valence-corrected chi connectivity index (χ1v) is 5.77. The lowest BCUT2D eigenvalue weighted by Gasteiger charge is -2.46. The molecule has 3 rings (SSSR count). The topological polar surface area (TPSA) is 45.2 Å². The predicted molar refractivity (Wildman–Crippen MR) is 60.0 cm³/mol. The first-order chi connectivity index (χ1) is 7.84. The molecule has 1 aromatic heterocycles. The fourth-order valence-corrected chi connectivity index (χ4v) is 2.51. The molecule has 84 valence electrons. The molecule has 16 heavy (non-hydrogen) atoms. The molecule has 0 radical (unpaired) electrons. The van der Waals surface area contributed by atoms with Crippen molar-refractivity contribution in [3.05, 3.63) is 30.1 Å². The van der Waals surface area contributed by atoms with Crippen LogP contribution in [0.1, 0.15) is 16.8 Å². The number of nitrogens with zero attached hydrogens (tertiary/aromatic N) is 2. The number of pyridine rings is 1. The Kier molecular flexibility index (Phi) is 2.36. The Bertz CT molecular complexity index is 393. The fourth-order valence-electron chi connectivity index (χ4n) is 2.51. The van der Waals surface area contributed by atoms with Crippen LogP contribution >= 0.6 is 0 Å². The minimum Gasteiger partial charge on any atom is -0.338 e. The molecule has 0 bridgehead atoms. The Morgan fingerprint density at radius 1 is 1.44 bits per heavy atom. The molecule has 2 aliphatic rings. The van der Waals surface area contributed by atoms with Crippen LogP contribution < -0.4 is 5.32 Å². The number of carbonyl (C=O) groups is 1. The van der Waals surface area contributed by atoms with Gasteiger partial charge in [0.25, 0.3) is 5.91 Å². The van der Waals surface area contributed by atoms with E-state index in [-0.39, 0.29) is 5.91 Å². The second kappa shape index (κ2) is 3.87. The summed E-state index contributed by atoms with van der Waals surface area (Å²) in [5.41, 5.74) is 0.751. The van der Waals surface area contributed by atoms with Gasteiger partial charge in [0.05, 0.1) is 0 Å². The molecule has 2 aliphatic heterocycles. The highest BCUT2D eigenvalue weighted by Gasteiger charge is 2.37. The third-order valence-electron chi connectivity index (χ3n) is 3.59. The molecule has 2 fully saturated rings. The van der Waals surface area contributed by atoms with Crippen LogP contribution in [-0.2, 0) is 0 Å². The molecule has 2 unspecified atom stereocenters. The van der Waals surface area contributed by atoms with Crippen molar-refractivity contribution in [1.82, 2.24) is 15.2 Å². The number of hydrogen-bond donors (Lipinski definition) is 1. The standard InChI is InChI=1S/C12H15N3O/c16-12(9-1-4-13-5-2-9)15-6-3-11-10(8-15)7-14-11/h1-2,4-5,10-11,14H,3,6-8H2. The smallest absolute Gasteiger partial charge is 0.253 e. The van der Waals surface area contributed by atoms with Crippen molar-refractivity contribution in [3.8, 4) is 0 Å². The zero-order valence-electron chi connectivity index (χ0n) is 9.10. The lowest BCUT2D eigenvalue weighted by atomic mass is 9.85. The van der Waals surface area contributed by atoms with Crippen molar-refractivity contribution in [3.63, 3.8) is 0 Å². The number of aromatic nitrogens is 1. The third kappa shape index (κ3) is 1.59. The van der Waals surface area contributed by atoms with Crippen LogP contribution in [0.5, 0.6) is 0 Å². The summed E-state index contributed by atoms with van der Waals surface area (Å²) in [7, 11) is 0. The van der Waals surface area contributed by atoms with Gasteiger partial charge in [0.1, 0.15) is 0 Å². The molecule has 0 saturated carbocycles. The van der Waals surface area contributed by atoms with Crippen LogP contribution in [-0.4, -0.2) is 41.5 Å². The Hall–Kier alpha value is -1.42. The molecule has 4 heteroatoms. The number of piperidine rings is 1. The zero-order valence-corrected chi connectivity index (χ0v) is 9.10. The Morgan fingerprint density at radius 3 is 2.88 bits per heavy atom. The molecule has 3 heterocycles. The van der Waals surface area contributed by atoms with Crippen molar-refractivity contribution in [2.75, 3.05) is 19.6 Å². The Balaban J connectivity index is 1.71. The van der Waals surface area contributed by atoms with E-state index in [1.54, 1.807) is 24.5 Å². The average molecular weight is 217 g/mol. The maximum Gasteiger partial charge on any atom is 0.253 e. The molecular formula is C12H15N3O. The number of nitrogens with one attached hydrogen (secondary N) is 1. The van der Waals surface area contributed by atoms with E-state index in [4.69, 9.17) is 0 Å². The van der Waals surface area contributed by atoms with Gasteiger partial charge in [-0.2, -0.15) is 0 Å². The summed E-state index contributed by atoms with van der Waals surface area (Å²) in [6.45, 7) is 2.83. The van der Waals surface area contributed by atoms with Crippen LogP contribution in [0.4, 0.5) is 0 Å². The zero-order chi connectivity index (χ0) is 11.0. The van der Waals surface area contributed by atoms with E-state index in [9.17, 15) is 4.79 Å². The van der Waals surface area contributed by atoms with E-state index in [0.717, 1.165) is 31.6 Å². The quantitative estimate of drug-likeness (QED) is 0.745. The van der Waals surface area contributed by atoms with Gasteiger partial charge in [0.15, 0.2) is 0 Å². The highest BCUT2D eigenvalue weighted by atomic mass is 16.2. The third-order valence-corrected chi connectivity index (χ3v) is 3.59. The minimum atomic E-state index is 0.146. The number of carbonyl (C=O) groups excluding carboxylic acids is 1. The summed E-state index contributed by atoms with van der Waals surface area (Å²) in [6.07, 6.45) is 4.43. The van der Waals surface area contributed by atoms with Crippen LogP contribution in [0.15, 0.2) is 24.5 Å². The van der Waals surface area contributed by atoms with E-state index < -0.39 is 0 Å². The van der Waals surface area contributed by atoms with E-state index in [0.29, 0.717) is 12.0 Å². The van der Waals surface area contributed by atoms with Gasteiger partial charge in [0, 0.05) is 49.6 Å². The van der Waals surface area contributed by atoms with Gasteiger partial charge >= 0.3 is 0 Å². The van der Waals surface area contributed by atoms with Gasteiger partial charge in [-0.05, 0) is 18.6 Å². The van der Waals surface area contributed by atoms with Crippen molar-refractivity contribution in [2.24, 2.45) is 5.92 Å². The van der Waals surface area contributed by atoms with Gasteiger partial charge in [-0.3, -0.25) is 9.78 Å². The maximum atomic E-state index is 12.2. The first-order valence-electron chi connectivity index (χ1n) is 5.77. The molecule has 4 nitrogen and oxygen atoms in total. The molecule has 0 spiro atoms. The highest BCUT2D eigenvalue weighted by Crippen LogP contribution is 2.24. The van der Waals surface area contributed by atoms with E-state index in [1.807, 2.05) is 4.90 Å². The molecule has 1 N–H and O–H groups in total. The average Bonchev–Trinajstić information content (AvgIpc) is 2.31. The lowest BCUT2D eigenvalue weighted by molar-refractivity contribution is 0.0509. The Labute approximate surface area is 94.7 Å². The van der Waals surface area contributed by atoms with Crippen molar-refractivity contribution in [1.29, 1.82) is 0 Å². The van der Waals surface area contributed by atoms with Crippen molar-refractivity contribution < 1.29 is 4.79 Å². The second-order valence-corrected chi connectivity index (χ2v) is 4.55. The number of rotatable bonds is 1. The van der Waals surface area contributed by atoms with Crippen LogP contribution in [0.25, 0.3) is 0 Å². The van der Waals surface area contributed by atoms with E-state index in [2.05, 4.69) is 10.3 Å². The monoisotopic (exact) mass is 217 g/mol. The normalized spacial score (nSPS) is 28.1. The predicted octanol–water partition coefficient (Wildman–Crippen LogP) is 0.515. The van der Waals surface area contributed by atoms with Crippen LogP contribution in [0, 0.1) is 5.92 Å². The second-order valence-electron chi connectivity index (χ2n) is 4.55. The summed E-state index contributed by atoms with van der Waals surface area (Å²) < 4.78 is 0. The summed E-state index contributed by atoms with van der Waals surface area (Å²) in [5, 5.41) is 3.40. The maximum absolute atomic E-state index is 12.2. The molecule has 0 aliphatic carbocycles. The van der Waals surface area contributed by atoms with Gasteiger partial charge in [-0.15, -0.1) is 0 Å². The summed E-state index contributed by atoms with van der Waals surface area (Å²) in [5.74, 6) is 0.812. The van der Waals surface area contributed by atoms with Crippen molar-refractivity contribution in [2.45, 2.75) is 12.5 Å². The summed E-state index contributed by atoms with van der Waals surface area (Å²) >= 11 is 0. The SMILES string of the molecule is O=C(c1ccncc1)N1CCC2NCC2C1. The number of amides is 1. The summed E-state index contributed by atoms with van der Waals surface area (Å²) in [4.78, 5) is 18.1. The lowest BCUT2D eigenvalue weighted by Crippen LogP contribution is -2.62. The van der Waals surface area contributed by atoms with Crippen LogP contribution in [0.3, 0.4) is 0 Å². The van der Waals surface area contributed by atoms with Gasteiger partial charge < -0.3 is 10.2 Å². The highest BCUT2D eigenvalue weighted by molar-refractivity contribution is 5.94.